The lowest BCUT2D eigenvalue weighted by Gasteiger charge is -2.32. The van der Waals surface area contributed by atoms with Crippen molar-refractivity contribution in [2.24, 2.45) is 0 Å². The van der Waals surface area contributed by atoms with Crippen LogP contribution in [0, 0.1) is 13.8 Å². The van der Waals surface area contributed by atoms with Crippen LogP contribution in [-0.2, 0) is 19.9 Å². The maximum absolute atomic E-state index is 12.9. The number of nitrogens with zero attached hydrogens (tertiary/aromatic N) is 2. The molecule has 0 saturated carbocycles. The average Bonchev–Trinajstić information content (AvgIpc) is 2.71. The van der Waals surface area contributed by atoms with Gasteiger partial charge in [0.25, 0.3) is 10.0 Å². The Balaban J connectivity index is 2.45. The van der Waals surface area contributed by atoms with Crippen LogP contribution in [0.25, 0.3) is 0 Å². The molecule has 1 saturated heterocycles. The van der Waals surface area contributed by atoms with Crippen molar-refractivity contribution in [3.63, 3.8) is 0 Å². The Kier molecular flexibility index (Phi) is 4.68. The number of hydrogen-bond donors (Lipinski definition) is 0. The molecule has 0 aromatic heterocycles. The topological polar surface area (TPSA) is 74.8 Å². The Hall–Kier alpha value is -0.960. The van der Waals surface area contributed by atoms with Gasteiger partial charge in [0.1, 0.15) is 0 Å². The molecule has 1 heterocycles. The fourth-order valence-corrected chi connectivity index (χ4v) is 6.24. The predicted molar refractivity (Wildman–Crippen MR) is 85.7 cm³/mol. The molecule has 0 bridgehead atoms. The zero-order valence-electron chi connectivity index (χ0n) is 13.3. The van der Waals surface area contributed by atoms with E-state index >= 15 is 0 Å². The van der Waals surface area contributed by atoms with E-state index in [1.165, 1.54) is 9.42 Å². The highest BCUT2D eigenvalue weighted by atomic mass is 32.2. The van der Waals surface area contributed by atoms with Crippen LogP contribution in [-0.4, -0.2) is 57.9 Å². The molecule has 1 aliphatic rings. The van der Waals surface area contributed by atoms with E-state index in [1.54, 1.807) is 32.3 Å². The van der Waals surface area contributed by atoms with Crippen molar-refractivity contribution in [2.75, 3.05) is 25.6 Å². The summed E-state index contributed by atoms with van der Waals surface area (Å²) in [6.07, 6.45) is 0.324. The second-order valence-electron chi connectivity index (χ2n) is 5.93. The van der Waals surface area contributed by atoms with Crippen molar-refractivity contribution in [3.05, 3.63) is 29.3 Å². The Labute approximate surface area is 132 Å². The van der Waals surface area contributed by atoms with E-state index in [1.807, 2.05) is 13.8 Å². The first-order chi connectivity index (χ1) is 10.0. The van der Waals surface area contributed by atoms with Gasteiger partial charge in [0.15, 0.2) is 9.84 Å². The molecule has 124 valence electrons. The molecule has 1 atom stereocenters. The first-order valence-corrected chi connectivity index (χ1v) is 10.3. The lowest BCUT2D eigenvalue weighted by Crippen LogP contribution is -2.49. The summed E-state index contributed by atoms with van der Waals surface area (Å²) >= 11 is 0. The maximum atomic E-state index is 12.9. The van der Waals surface area contributed by atoms with E-state index in [9.17, 15) is 16.8 Å². The van der Waals surface area contributed by atoms with Gasteiger partial charge in [-0.05, 0) is 43.5 Å². The summed E-state index contributed by atoms with van der Waals surface area (Å²) in [6, 6.07) is 4.41. The van der Waals surface area contributed by atoms with Crippen LogP contribution in [0.4, 0.5) is 0 Å². The fraction of sp³-hybridized carbons (Fsp3) is 0.571. The minimum absolute atomic E-state index is 0.0322. The van der Waals surface area contributed by atoms with Crippen LogP contribution in [0.1, 0.15) is 17.5 Å². The van der Waals surface area contributed by atoms with Crippen molar-refractivity contribution in [2.45, 2.75) is 31.2 Å². The van der Waals surface area contributed by atoms with Gasteiger partial charge in [0.2, 0.25) is 0 Å². The monoisotopic (exact) mass is 346 g/mol. The molecule has 0 radical (unpaired) electrons. The summed E-state index contributed by atoms with van der Waals surface area (Å²) < 4.78 is 50.4. The summed E-state index contributed by atoms with van der Waals surface area (Å²) in [5.74, 6) is -0.0975. The smallest absolute Gasteiger partial charge is 0.234 e. The number of benzene rings is 1. The summed E-state index contributed by atoms with van der Waals surface area (Å²) in [5, 5.41) is 1.45. The van der Waals surface area contributed by atoms with E-state index in [0.717, 1.165) is 11.1 Å². The maximum Gasteiger partial charge on any atom is 0.256 e. The number of hydrogen-bond acceptors (Lipinski definition) is 5. The lowest BCUT2D eigenvalue weighted by molar-refractivity contribution is 0.0893. The van der Waals surface area contributed by atoms with E-state index in [2.05, 4.69) is 0 Å². The first kappa shape index (κ1) is 17.4. The number of sulfonamides is 1. The van der Waals surface area contributed by atoms with Crippen molar-refractivity contribution in [3.8, 4) is 0 Å². The molecule has 1 fully saturated rings. The molecule has 0 unspecified atom stereocenters. The highest BCUT2D eigenvalue weighted by Crippen LogP contribution is 2.26. The predicted octanol–water partition coefficient (Wildman–Crippen LogP) is 0.958. The third kappa shape index (κ3) is 3.34. The summed E-state index contributed by atoms with van der Waals surface area (Å²) in [7, 11) is -3.71. The molecular formula is C14H22N2O4S2. The van der Waals surface area contributed by atoms with Crippen LogP contribution in [0.15, 0.2) is 23.1 Å². The summed E-state index contributed by atoms with van der Waals surface area (Å²) in [4.78, 5) is 0.189. The molecular weight excluding hydrogens is 324 g/mol. The Morgan fingerprint density at radius 3 is 2.23 bits per heavy atom. The van der Waals surface area contributed by atoms with Crippen molar-refractivity contribution < 1.29 is 16.8 Å². The van der Waals surface area contributed by atoms with Crippen LogP contribution in [0.2, 0.25) is 0 Å². The molecule has 0 aliphatic carbocycles. The quantitative estimate of drug-likeness (QED) is 0.759. The largest absolute Gasteiger partial charge is 0.256 e. The highest BCUT2D eigenvalue weighted by molar-refractivity contribution is 7.92. The van der Waals surface area contributed by atoms with Gasteiger partial charge in [-0.3, -0.25) is 0 Å². The standard InChI is InChI=1S/C14H22N2O4S2/c1-11-5-6-14(9-12(11)2)22(19,20)16(15(3)4)13-7-8-21(17,18)10-13/h5-6,9,13H,7-8,10H2,1-4H3/t13-/m0/s1. The van der Waals surface area contributed by atoms with Crippen molar-refractivity contribution in [1.29, 1.82) is 0 Å². The Bertz CT molecular complexity index is 770. The Morgan fingerprint density at radius 1 is 1.14 bits per heavy atom. The van der Waals surface area contributed by atoms with E-state index < -0.39 is 25.9 Å². The lowest BCUT2D eigenvalue weighted by atomic mass is 10.1. The van der Waals surface area contributed by atoms with Crippen molar-refractivity contribution in [1.82, 2.24) is 9.42 Å². The van der Waals surface area contributed by atoms with Gasteiger partial charge in [-0.15, -0.1) is 4.41 Å². The molecule has 1 aromatic rings. The zero-order valence-corrected chi connectivity index (χ0v) is 14.9. The normalized spacial score (nSPS) is 21.6. The average molecular weight is 346 g/mol. The van der Waals surface area contributed by atoms with Gasteiger partial charge in [0.05, 0.1) is 22.4 Å². The molecule has 1 aromatic carbocycles. The molecule has 0 N–H and O–H groups in total. The summed E-state index contributed by atoms with van der Waals surface area (Å²) in [5.41, 5.74) is 1.90. The van der Waals surface area contributed by atoms with Crippen LogP contribution in [0.5, 0.6) is 0 Å². The van der Waals surface area contributed by atoms with Gasteiger partial charge in [-0.1, -0.05) is 6.07 Å². The van der Waals surface area contributed by atoms with Gasteiger partial charge in [0, 0.05) is 14.1 Å². The Morgan fingerprint density at radius 2 is 1.77 bits per heavy atom. The molecule has 1 aliphatic heterocycles. The fourth-order valence-electron chi connectivity index (χ4n) is 2.67. The van der Waals surface area contributed by atoms with Gasteiger partial charge >= 0.3 is 0 Å². The third-order valence-electron chi connectivity index (χ3n) is 3.94. The molecule has 2 rings (SSSR count). The van der Waals surface area contributed by atoms with Crippen LogP contribution in [0.3, 0.4) is 0 Å². The second kappa shape index (κ2) is 5.92. The minimum atomic E-state index is -3.78. The SMILES string of the molecule is Cc1ccc(S(=O)(=O)N([C@H]2CCS(=O)(=O)C2)N(C)C)cc1C. The number of rotatable bonds is 4. The number of aryl methyl sites for hydroxylation is 2. The summed E-state index contributed by atoms with van der Waals surface area (Å²) in [6.45, 7) is 3.77. The molecule has 8 heteroatoms. The van der Waals surface area contributed by atoms with Gasteiger partial charge < -0.3 is 0 Å². The van der Waals surface area contributed by atoms with Gasteiger partial charge in [-0.25, -0.2) is 21.8 Å². The molecule has 22 heavy (non-hydrogen) atoms. The van der Waals surface area contributed by atoms with E-state index in [4.69, 9.17) is 0 Å². The zero-order chi connectivity index (χ0) is 16.7. The third-order valence-corrected chi connectivity index (χ3v) is 7.65. The number of sulfone groups is 1. The van der Waals surface area contributed by atoms with Crippen molar-refractivity contribution >= 4 is 19.9 Å². The molecule has 6 nitrogen and oxygen atoms in total. The van der Waals surface area contributed by atoms with Crippen LogP contribution < -0.4 is 0 Å². The van der Waals surface area contributed by atoms with Crippen LogP contribution >= 0.6 is 0 Å². The minimum Gasteiger partial charge on any atom is -0.234 e. The van der Waals surface area contributed by atoms with E-state index in [0.29, 0.717) is 6.42 Å². The van der Waals surface area contributed by atoms with E-state index in [-0.39, 0.29) is 16.4 Å². The molecule has 0 spiro atoms. The molecule has 0 amide bonds. The highest BCUT2D eigenvalue weighted by Gasteiger charge is 2.40. The first-order valence-electron chi connectivity index (χ1n) is 7.04. The second-order valence-corrected chi connectivity index (χ2v) is 9.95. The van der Waals surface area contributed by atoms with Gasteiger partial charge in [-0.2, -0.15) is 0 Å². The number of hydrazine groups is 1.